The minimum atomic E-state index is -0.623. The smallest absolute Gasteiger partial charge is 0.271 e. The summed E-state index contributed by atoms with van der Waals surface area (Å²) in [7, 11) is 0. The van der Waals surface area contributed by atoms with E-state index >= 15 is 0 Å². The van der Waals surface area contributed by atoms with Crippen LogP contribution >= 0.6 is 22.7 Å². The van der Waals surface area contributed by atoms with E-state index in [1.165, 1.54) is 32.3 Å². The normalized spacial score (nSPS) is 19.6. The first-order valence-corrected chi connectivity index (χ1v) is 18.2. The van der Waals surface area contributed by atoms with E-state index in [-0.39, 0.29) is 54.9 Å². The van der Waals surface area contributed by atoms with Crippen LogP contribution in [0.25, 0.3) is 0 Å². The van der Waals surface area contributed by atoms with Gasteiger partial charge in [-0.15, -0.1) is 22.7 Å². The summed E-state index contributed by atoms with van der Waals surface area (Å²) in [6.45, 7) is 11.5. The van der Waals surface area contributed by atoms with Crippen LogP contribution in [0.3, 0.4) is 0 Å². The molecule has 0 saturated heterocycles. The Morgan fingerprint density at radius 2 is 1.65 bits per heavy atom. The van der Waals surface area contributed by atoms with Crippen LogP contribution in [-0.4, -0.2) is 67.4 Å². The number of hydrogen-bond acceptors (Lipinski definition) is 9. The standard InChI is InChI=1S/C35H44N8O4S2/c1-20(2)14-26-34-40-28(19-48-34)33(46)39-25(15-24-10-8-7-9-11-24)32-36-23(6)41-43(32)18-31(45)38-27(21(3)4)16-42(17-30(44)37-26)35(47)29-13-12-22(5)49-29/h7-13,19-21,25-27H,14-18H2,1-6H3,(H,37,44)(H,38,45)(H,39,46)/t25-,26-,27+/m0/s1. The van der Waals surface area contributed by atoms with Crippen molar-refractivity contribution in [1.29, 1.82) is 0 Å². The van der Waals surface area contributed by atoms with Crippen molar-refractivity contribution in [3.63, 3.8) is 0 Å². The molecule has 3 atom stereocenters. The van der Waals surface area contributed by atoms with Gasteiger partial charge >= 0.3 is 0 Å². The summed E-state index contributed by atoms with van der Waals surface area (Å²) in [6, 6.07) is 11.8. The molecule has 2 bridgehead atoms. The average Bonchev–Trinajstić information content (AvgIpc) is 3.79. The van der Waals surface area contributed by atoms with Gasteiger partial charge in [0.2, 0.25) is 11.8 Å². The monoisotopic (exact) mass is 704 g/mol. The lowest BCUT2D eigenvalue weighted by molar-refractivity contribution is -0.123. The van der Waals surface area contributed by atoms with Crippen LogP contribution in [0, 0.1) is 25.7 Å². The second kappa shape index (κ2) is 15.9. The first-order valence-electron chi connectivity index (χ1n) is 16.5. The molecule has 5 rings (SSSR count). The Bertz CT molecular complexity index is 1780. The molecule has 1 aliphatic rings. The van der Waals surface area contributed by atoms with Crippen LogP contribution in [0.1, 0.15) is 93.5 Å². The topological polar surface area (TPSA) is 151 Å². The summed E-state index contributed by atoms with van der Waals surface area (Å²) in [5.41, 5.74) is 1.18. The molecule has 14 heteroatoms. The molecule has 1 aromatic carbocycles. The van der Waals surface area contributed by atoms with Gasteiger partial charge in [-0.05, 0) is 56.2 Å². The Morgan fingerprint density at radius 3 is 2.33 bits per heavy atom. The molecule has 0 aliphatic carbocycles. The van der Waals surface area contributed by atoms with E-state index in [4.69, 9.17) is 0 Å². The van der Waals surface area contributed by atoms with E-state index in [0.29, 0.717) is 34.4 Å². The quantitative estimate of drug-likeness (QED) is 0.265. The van der Waals surface area contributed by atoms with E-state index in [1.807, 2.05) is 57.2 Å². The van der Waals surface area contributed by atoms with Crippen LogP contribution in [0.2, 0.25) is 0 Å². The number of benzene rings is 1. The Labute approximate surface area is 294 Å². The fourth-order valence-corrected chi connectivity index (χ4v) is 7.46. The molecule has 0 saturated carbocycles. The molecule has 4 aromatic rings. The van der Waals surface area contributed by atoms with Gasteiger partial charge in [0.1, 0.15) is 23.1 Å². The van der Waals surface area contributed by atoms with Crippen LogP contribution in [0.15, 0.2) is 47.8 Å². The van der Waals surface area contributed by atoms with Crippen LogP contribution in [0.5, 0.6) is 0 Å². The Morgan fingerprint density at radius 1 is 0.918 bits per heavy atom. The first-order chi connectivity index (χ1) is 23.4. The third-order valence-electron chi connectivity index (χ3n) is 8.24. The number of fused-ring (bicyclic) bond motifs is 3. The number of thiophene rings is 1. The molecule has 0 unspecified atom stereocenters. The minimum Gasteiger partial charge on any atom is -0.350 e. The van der Waals surface area contributed by atoms with Gasteiger partial charge < -0.3 is 20.9 Å². The Hall–Kier alpha value is -4.43. The van der Waals surface area contributed by atoms with Gasteiger partial charge in [0, 0.05) is 22.8 Å². The molecular formula is C35H44N8O4S2. The highest BCUT2D eigenvalue weighted by atomic mass is 32.1. The number of rotatable bonds is 6. The molecule has 0 spiro atoms. The molecule has 3 N–H and O–H groups in total. The summed E-state index contributed by atoms with van der Waals surface area (Å²) >= 11 is 2.67. The molecule has 3 aromatic heterocycles. The van der Waals surface area contributed by atoms with Crippen molar-refractivity contribution < 1.29 is 19.2 Å². The highest BCUT2D eigenvalue weighted by molar-refractivity contribution is 7.14. The maximum absolute atomic E-state index is 13.8. The molecule has 4 heterocycles. The molecular weight excluding hydrogens is 661 g/mol. The van der Waals surface area contributed by atoms with Crippen LogP contribution in [0.4, 0.5) is 0 Å². The van der Waals surface area contributed by atoms with Crippen LogP contribution < -0.4 is 16.0 Å². The number of nitrogens with one attached hydrogen (secondary N) is 3. The second-order valence-corrected chi connectivity index (χ2v) is 15.4. The number of aryl methyl sites for hydroxylation is 2. The van der Waals surface area contributed by atoms with Gasteiger partial charge in [-0.2, -0.15) is 5.10 Å². The third kappa shape index (κ3) is 9.38. The molecule has 4 amide bonds. The van der Waals surface area contributed by atoms with E-state index < -0.39 is 24.0 Å². The van der Waals surface area contributed by atoms with Gasteiger partial charge in [-0.1, -0.05) is 58.0 Å². The second-order valence-electron chi connectivity index (χ2n) is 13.2. The average molecular weight is 705 g/mol. The highest BCUT2D eigenvalue weighted by Crippen LogP contribution is 2.26. The number of amides is 4. The number of carbonyl (C=O) groups excluding carboxylic acids is 4. The zero-order valence-electron chi connectivity index (χ0n) is 28.7. The van der Waals surface area contributed by atoms with Gasteiger partial charge in [-0.25, -0.2) is 14.6 Å². The number of carbonyl (C=O) groups is 4. The molecule has 260 valence electrons. The summed E-state index contributed by atoms with van der Waals surface area (Å²) in [5, 5.41) is 16.1. The fraction of sp³-hybridized carbons (Fsp3) is 0.457. The SMILES string of the molecule is Cc1nc2n(n1)CC(=O)N[C@@H](C(C)C)CN(C(=O)c1ccc(C)s1)CC(=O)N[C@@H](CC(C)C)c1nc(cs1)C(=O)N[C@H]2Cc1ccccc1. The van der Waals surface area contributed by atoms with Crippen molar-refractivity contribution in [3.05, 3.63) is 85.5 Å². The van der Waals surface area contributed by atoms with Crippen molar-refractivity contribution in [3.8, 4) is 0 Å². The van der Waals surface area contributed by atoms with Crippen molar-refractivity contribution in [2.24, 2.45) is 11.8 Å². The van der Waals surface area contributed by atoms with Crippen molar-refractivity contribution in [2.45, 2.75) is 79.1 Å². The summed E-state index contributed by atoms with van der Waals surface area (Å²) in [5.74, 6) is -0.328. The fourth-order valence-electron chi connectivity index (χ4n) is 5.77. The van der Waals surface area contributed by atoms with Crippen molar-refractivity contribution >= 4 is 46.3 Å². The largest absolute Gasteiger partial charge is 0.350 e. The van der Waals surface area contributed by atoms with E-state index in [9.17, 15) is 19.2 Å². The zero-order chi connectivity index (χ0) is 35.2. The van der Waals surface area contributed by atoms with Gasteiger partial charge in [-0.3, -0.25) is 19.2 Å². The maximum Gasteiger partial charge on any atom is 0.271 e. The van der Waals surface area contributed by atoms with Gasteiger partial charge in [0.15, 0.2) is 5.82 Å². The summed E-state index contributed by atoms with van der Waals surface area (Å²) < 4.78 is 1.52. The van der Waals surface area contributed by atoms with Crippen LogP contribution in [-0.2, 0) is 22.6 Å². The number of nitrogens with zero attached hydrogens (tertiary/aromatic N) is 5. The van der Waals surface area contributed by atoms with Gasteiger partial charge in [0.25, 0.3) is 11.8 Å². The number of thiazole rings is 1. The molecule has 12 nitrogen and oxygen atoms in total. The highest BCUT2D eigenvalue weighted by Gasteiger charge is 2.30. The summed E-state index contributed by atoms with van der Waals surface area (Å²) in [6.07, 6.45) is 0.991. The number of aromatic nitrogens is 4. The summed E-state index contributed by atoms with van der Waals surface area (Å²) in [4.78, 5) is 67.3. The molecule has 0 radical (unpaired) electrons. The number of hydrogen-bond donors (Lipinski definition) is 3. The van der Waals surface area contributed by atoms with Gasteiger partial charge in [0.05, 0.1) is 23.5 Å². The Kier molecular flexibility index (Phi) is 11.6. The first kappa shape index (κ1) is 35.9. The van der Waals surface area contributed by atoms with Crippen molar-refractivity contribution in [2.75, 3.05) is 13.1 Å². The lowest BCUT2D eigenvalue weighted by atomic mass is 10.0. The van der Waals surface area contributed by atoms with E-state index in [1.54, 1.807) is 18.4 Å². The van der Waals surface area contributed by atoms with E-state index in [2.05, 4.69) is 44.9 Å². The molecule has 49 heavy (non-hydrogen) atoms. The molecule has 1 aliphatic heterocycles. The lowest BCUT2D eigenvalue weighted by Gasteiger charge is -2.30. The predicted octanol–water partition coefficient (Wildman–Crippen LogP) is 4.63. The lowest BCUT2D eigenvalue weighted by Crippen LogP contribution is -2.51. The van der Waals surface area contributed by atoms with E-state index in [0.717, 1.165) is 10.4 Å². The Balaban J connectivity index is 1.55. The molecule has 0 fully saturated rings. The minimum absolute atomic E-state index is 0.0671. The zero-order valence-corrected chi connectivity index (χ0v) is 30.4. The maximum atomic E-state index is 13.8. The van der Waals surface area contributed by atoms with Crippen molar-refractivity contribution in [1.82, 2.24) is 40.6 Å². The third-order valence-corrected chi connectivity index (χ3v) is 10.2. The predicted molar refractivity (Wildman–Crippen MR) is 189 cm³/mol.